The van der Waals surface area contributed by atoms with Crippen LogP contribution in [0, 0.1) is 38.7 Å². The van der Waals surface area contributed by atoms with Crippen LogP contribution in [-0.2, 0) is 43.0 Å². The summed E-state index contributed by atoms with van der Waals surface area (Å²) in [5, 5.41) is 32.9. The number of rotatable bonds is 14. The summed E-state index contributed by atoms with van der Waals surface area (Å²) in [6.07, 6.45) is 1.83. The van der Waals surface area contributed by atoms with Crippen LogP contribution in [0.25, 0.3) is 0 Å². The number of carbonyl (C=O) groups excluding carboxylic acids is 4. The number of carboxylic acid groups (broad SMARTS) is 1. The molecule has 1 unspecified atom stereocenters. The lowest BCUT2D eigenvalue weighted by molar-refractivity contribution is -0.757. The van der Waals surface area contributed by atoms with Crippen molar-refractivity contribution in [3.63, 3.8) is 0 Å². The maximum absolute atomic E-state index is 15.8. The number of ketones is 2. The predicted octanol–water partition coefficient (Wildman–Crippen LogP) is 2.90. The molecule has 15 nitrogen and oxygen atoms in total. The van der Waals surface area contributed by atoms with Crippen LogP contribution < -0.4 is 5.32 Å². The molecule has 1 aliphatic heterocycles. The van der Waals surface area contributed by atoms with Gasteiger partial charge in [-0.15, -0.1) is 10.1 Å². The Morgan fingerprint density at radius 1 is 1.18 bits per heavy atom. The van der Waals surface area contributed by atoms with Gasteiger partial charge in [-0.1, -0.05) is 26.3 Å². The van der Waals surface area contributed by atoms with Crippen LogP contribution in [0.5, 0.6) is 0 Å². The number of amides is 1. The van der Waals surface area contributed by atoms with Gasteiger partial charge < -0.3 is 34.6 Å². The monoisotopic (exact) mass is 708 g/mol. The van der Waals surface area contributed by atoms with Gasteiger partial charge >= 0.3 is 11.9 Å². The van der Waals surface area contributed by atoms with E-state index in [0.717, 1.165) is 0 Å². The lowest BCUT2D eigenvalue weighted by Gasteiger charge is -2.59. The number of Topliss-reactive ketones (excluding diaryl/α,β-unsaturated/α-hetero) is 1. The number of aliphatic hydroxyl groups excluding tert-OH is 1. The van der Waals surface area contributed by atoms with E-state index in [2.05, 4.69) is 10.2 Å². The van der Waals surface area contributed by atoms with Crippen molar-refractivity contribution >= 4 is 29.4 Å². The van der Waals surface area contributed by atoms with E-state index in [9.17, 15) is 44.3 Å². The van der Waals surface area contributed by atoms with Gasteiger partial charge in [0.15, 0.2) is 23.8 Å². The number of unbranched alkanes of at least 4 members (excludes halogenated alkanes) is 2. The second kappa shape index (κ2) is 13.8. The summed E-state index contributed by atoms with van der Waals surface area (Å²) in [6.45, 7) is 6.01. The van der Waals surface area contributed by atoms with E-state index >= 15 is 4.39 Å². The molecule has 0 aromatic carbocycles. The molecular weight excluding hydrogens is 663 g/mol. The van der Waals surface area contributed by atoms with E-state index in [1.165, 1.54) is 6.08 Å². The zero-order chi connectivity index (χ0) is 36.8. The third kappa shape index (κ3) is 6.68. The minimum Gasteiger partial charge on any atom is -0.480 e. The Kier molecular flexibility index (Phi) is 10.3. The van der Waals surface area contributed by atoms with Gasteiger partial charge in [0.1, 0.15) is 11.9 Å². The van der Waals surface area contributed by atoms with Crippen LogP contribution in [0.3, 0.4) is 0 Å². The van der Waals surface area contributed by atoms with Crippen LogP contribution in [0.15, 0.2) is 23.6 Å². The van der Waals surface area contributed by atoms with Crippen molar-refractivity contribution in [3.05, 3.63) is 33.7 Å². The first-order valence-corrected chi connectivity index (χ1v) is 17.0. The molecule has 3 fully saturated rings. The van der Waals surface area contributed by atoms with Crippen molar-refractivity contribution in [2.24, 2.45) is 28.6 Å². The number of carbonyl (C=O) groups is 5. The van der Waals surface area contributed by atoms with Gasteiger partial charge in [0.2, 0.25) is 11.7 Å². The molecule has 0 aromatic rings. The topological polar surface area (TPSA) is 218 Å². The van der Waals surface area contributed by atoms with Crippen molar-refractivity contribution in [2.45, 2.75) is 115 Å². The van der Waals surface area contributed by atoms with E-state index in [4.69, 9.17) is 14.2 Å². The molecule has 50 heavy (non-hydrogen) atoms. The van der Waals surface area contributed by atoms with Crippen LogP contribution in [0.2, 0.25) is 0 Å². The Morgan fingerprint density at radius 3 is 2.58 bits per heavy atom. The average molecular weight is 709 g/mol. The number of allylic oxidation sites excluding steroid dienone is 4. The Balaban J connectivity index is 1.27. The first kappa shape index (κ1) is 37.5. The van der Waals surface area contributed by atoms with Crippen molar-refractivity contribution in [1.82, 2.24) is 5.32 Å². The molecule has 1 amide bonds. The van der Waals surface area contributed by atoms with E-state index in [1.54, 1.807) is 19.9 Å². The van der Waals surface area contributed by atoms with Crippen LogP contribution in [0.4, 0.5) is 4.39 Å². The Bertz CT molecular complexity index is 1510. The lowest BCUT2D eigenvalue weighted by atomic mass is 9.46. The van der Waals surface area contributed by atoms with Crippen LogP contribution in [-0.4, -0.2) is 87.6 Å². The summed E-state index contributed by atoms with van der Waals surface area (Å²) in [4.78, 5) is 77.8. The van der Waals surface area contributed by atoms with Gasteiger partial charge in [-0.05, 0) is 63.0 Å². The molecule has 3 N–H and O–H groups in total. The van der Waals surface area contributed by atoms with Crippen molar-refractivity contribution in [3.8, 4) is 0 Å². The molecule has 1 saturated heterocycles. The number of esters is 1. The number of ether oxygens (including phenoxy) is 3. The Hall–Kier alpha value is -3.76. The summed E-state index contributed by atoms with van der Waals surface area (Å²) >= 11 is 0. The van der Waals surface area contributed by atoms with E-state index in [0.29, 0.717) is 31.3 Å². The molecule has 4 aliphatic carbocycles. The van der Waals surface area contributed by atoms with E-state index < -0.39 is 99.9 Å². The molecule has 0 radical (unpaired) electrons. The van der Waals surface area contributed by atoms with Gasteiger partial charge in [-0.2, -0.15) is 0 Å². The SMILES string of the molecule is CC1(C)O[C@@H]2C[C@H]3[C@@H]4CC(F)=C5CC(=O)C=C[C@]5(C)[C@H]4[C@@H](O)C[C@]3(C)[C@]2(C(=O)COC(=O)CC(NC(=O)CCCCCO[N+](=O)[O-])C(=O)O)O1. The molecule has 5 aliphatic rings. The van der Waals surface area contributed by atoms with Crippen molar-refractivity contribution < 1.29 is 62.7 Å². The maximum Gasteiger partial charge on any atom is 0.326 e. The number of aliphatic hydroxyl groups is 1. The first-order valence-electron chi connectivity index (χ1n) is 17.0. The molecule has 0 aromatic heterocycles. The fourth-order valence-electron chi connectivity index (χ4n) is 9.55. The fourth-order valence-corrected chi connectivity index (χ4v) is 9.55. The molecule has 0 spiro atoms. The molecule has 276 valence electrons. The highest BCUT2D eigenvalue weighted by Gasteiger charge is 2.77. The third-order valence-corrected chi connectivity index (χ3v) is 11.5. The quantitative estimate of drug-likeness (QED) is 0.102. The summed E-state index contributed by atoms with van der Waals surface area (Å²) in [7, 11) is 0. The second-order valence-corrected chi connectivity index (χ2v) is 15.0. The van der Waals surface area contributed by atoms with Gasteiger partial charge in [0.25, 0.3) is 5.09 Å². The molecule has 9 atom stereocenters. The maximum atomic E-state index is 15.8. The number of nitrogens with zero attached hydrogens (tertiary/aromatic N) is 1. The Morgan fingerprint density at radius 2 is 1.90 bits per heavy atom. The smallest absolute Gasteiger partial charge is 0.326 e. The largest absolute Gasteiger partial charge is 0.480 e. The van der Waals surface area contributed by atoms with Crippen LogP contribution in [0.1, 0.15) is 85.5 Å². The number of hydrogen-bond acceptors (Lipinski definition) is 12. The summed E-state index contributed by atoms with van der Waals surface area (Å²) < 4.78 is 33.8. The zero-order valence-corrected chi connectivity index (χ0v) is 28.6. The Labute approximate surface area is 288 Å². The molecule has 0 bridgehead atoms. The van der Waals surface area contributed by atoms with Gasteiger partial charge in [0, 0.05) is 36.0 Å². The standard InChI is InChI=1S/C34H45FN2O13/c1-31(2)49-26-14-20-19-13-22(35)21-12-18(38)9-10-32(21,3)29(19)24(39)16-33(20,4)34(26,50-31)25(40)17-47-28(42)15-23(30(43)44)36-27(41)8-6-5-7-11-48-37(45)46/h9-10,19-20,23-24,26,29,39H,5-8,11-17H2,1-4H3,(H,36,41)(H,43,44)/t19-,20-,23?,24-,26+,29+,32-,33-,34+/m0/s1. The van der Waals surface area contributed by atoms with Gasteiger partial charge in [-0.25, -0.2) is 9.18 Å². The third-order valence-electron chi connectivity index (χ3n) is 11.5. The highest BCUT2D eigenvalue weighted by molar-refractivity contribution is 5.94. The number of nitrogens with one attached hydrogen (secondary N) is 1. The number of fused-ring (bicyclic) bond motifs is 7. The molecule has 2 saturated carbocycles. The highest BCUT2D eigenvalue weighted by atomic mass is 19.1. The number of hydrogen-bond donors (Lipinski definition) is 3. The molecule has 1 heterocycles. The normalized spacial score (nSPS) is 35.6. The minimum absolute atomic E-state index is 0.0122. The number of aliphatic carboxylic acids is 1. The lowest BCUT2D eigenvalue weighted by Crippen LogP contribution is -2.64. The minimum atomic E-state index is -1.68. The van der Waals surface area contributed by atoms with Crippen molar-refractivity contribution in [2.75, 3.05) is 13.2 Å². The molecule has 5 rings (SSSR count). The summed E-state index contributed by atoms with van der Waals surface area (Å²) in [5.74, 6) is -6.85. The van der Waals surface area contributed by atoms with Crippen molar-refractivity contribution in [1.29, 1.82) is 0 Å². The summed E-state index contributed by atoms with van der Waals surface area (Å²) in [5.41, 5.74) is -3.27. The summed E-state index contributed by atoms with van der Waals surface area (Å²) in [6, 6.07) is -1.64. The molecule has 16 heteroatoms. The predicted molar refractivity (Wildman–Crippen MR) is 168 cm³/mol. The van der Waals surface area contributed by atoms with E-state index in [1.807, 2.05) is 13.8 Å². The highest BCUT2D eigenvalue weighted by Crippen LogP contribution is 2.70. The zero-order valence-electron chi connectivity index (χ0n) is 28.6. The average Bonchev–Trinajstić information content (AvgIpc) is 3.43. The fraction of sp³-hybridized carbons (Fsp3) is 0.735. The number of halogens is 1. The number of carboxylic acids is 1. The van der Waals surface area contributed by atoms with Gasteiger partial charge in [0.05, 0.1) is 25.2 Å². The molecular formula is C34H45FN2O13. The first-order chi connectivity index (χ1) is 23.3. The second-order valence-electron chi connectivity index (χ2n) is 15.0. The van der Waals surface area contributed by atoms with E-state index in [-0.39, 0.29) is 44.0 Å². The van der Waals surface area contributed by atoms with Crippen LogP contribution >= 0.6 is 0 Å². The van der Waals surface area contributed by atoms with Gasteiger partial charge in [-0.3, -0.25) is 19.2 Å².